The summed E-state index contributed by atoms with van der Waals surface area (Å²) >= 11 is 6.00. The number of benzene rings is 2. The van der Waals surface area contributed by atoms with Gasteiger partial charge in [0, 0.05) is 37.9 Å². The van der Waals surface area contributed by atoms with Crippen LogP contribution < -0.4 is 9.64 Å². The van der Waals surface area contributed by atoms with Crippen molar-refractivity contribution in [3.63, 3.8) is 0 Å². The standard InChI is InChI=1S/C24H26ClN3O6/c1-24(2,3)34-23(32)26-10-11-27-16(13-26)14-28(22(27)31)15-4-6-17(7-5-15)33-18-8-9-19(21(29)30)20(25)12-18/h4-9,12,16H,10-11,13-14H2,1-3H3,(H,29,30)/t16-/m0/s1. The maximum absolute atomic E-state index is 13.0. The minimum Gasteiger partial charge on any atom is -0.478 e. The topological polar surface area (TPSA) is 99.6 Å². The molecule has 9 nitrogen and oxygen atoms in total. The highest BCUT2D eigenvalue weighted by Gasteiger charge is 2.42. The van der Waals surface area contributed by atoms with Crippen LogP contribution in [-0.4, -0.2) is 70.8 Å². The van der Waals surface area contributed by atoms with Gasteiger partial charge in [-0.2, -0.15) is 0 Å². The molecule has 0 unspecified atom stereocenters. The minimum absolute atomic E-state index is 0.00129. The number of rotatable bonds is 4. The summed E-state index contributed by atoms with van der Waals surface area (Å²) in [6, 6.07) is 11.2. The average molecular weight is 488 g/mol. The zero-order valence-corrected chi connectivity index (χ0v) is 19.9. The number of halogens is 1. The maximum atomic E-state index is 13.0. The average Bonchev–Trinajstić information content (AvgIpc) is 3.09. The van der Waals surface area contributed by atoms with Gasteiger partial charge in [0.15, 0.2) is 0 Å². The van der Waals surface area contributed by atoms with Gasteiger partial charge in [-0.25, -0.2) is 14.4 Å². The molecule has 3 amide bonds. The number of carbonyl (C=O) groups excluding carboxylic acids is 2. The van der Waals surface area contributed by atoms with Crippen LogP contribution in [0.15, 0.2) is 42.5 Å². The molecule has 180 valence electrons. The van der Waals surface area contributed by atoms with Gasteiger partial charge in [-0.1, -0.05) is 11.6 Å². The molecule has 2 saturated heterocycles. The molecule has 0 bridgehead atoms. The molecule has 2 aromatic carbocycles. The lowest BCUT2D eigenvalue weighted by atomic mass is 10.2. The summed E-state index contributed by atoms with van der Waals surface area (Å²) in [6.07, 6.45) is -0.365. The molecule has 34 heavy (non-hydrogen) atoms. The van der Waals surface area contributed by atoms with Gasteiger partial charge < -0.3 is 24.4 Å². The molecule has 10 heteroatoms. The van der Waals surface area contributed by atoms with Crippen molar-refractivity contribution in [3.05, 3.63) is 53.1 Å². The Hall–Kier alpha value is -3.46. The van der Waals surface area contributed by atoms with Crippen molar-refractivity contribution < 1.29 is 29.0 Å². The molecule has 0 aliphatic carbocycles. The first-order valence-corrected chi connectivity index (χ1v) is 11.3. The van der Waals surface area contributed by atoms with Crippen LogP contribution in [0, 0.1) is 0 Å². The van der Waals surface area contributed by atoms with E-state index in [1.165, 1.54) is 18.2 Å². The summed E-state index contributed by atoms with van der Waals surface area (Å²) in [5.41, 5.74) is 0.146. The Morgan fingerprint density at radius 3 is 2.32 bits per heavy atom. The van der Waals surface area contributed by atoms with E-state index in [9.17, 15) is 14.4 Å². The molecule has 1 atom stereocenters. The van der Waals surface area contributed by atoms with E-state index in [0.29, 0.717) is 37.7 Å². The highest BCUT2D eigenvalue weighted by Crippen LogP contribution is 2.31. The van der Waals surface area contributed by atoms with Crippen molar-refractivity contribution in [1.82, 2.24) is 9.80 Å². The molecule has 2 aliphatic rings. The number of piperazine rings is 1. The van der Waals surface area contributed by atoms with Gasteiger partial charge in [0.05, 0.1) is 16.6 Å². The number of nitrogens with zero attached hydrogens (tertiary/aromatic N) is 3. The van der Waals surface area contributed by atoms with Gasteiger partial charge in [-0.05, 0) is 57.2 Å². The number of fused-ring (bicyclic) bond motifs is 1. The van der Waals surface area contributed by atoms with E-state index in [4.69, 9.17) is 26.2 Å². The van der Waals surface area contributed by atoms with Crippen LogP contribution in [0.25, 0.3) is 0 Å². The molecule has 0 saturated carbocycles. The number of ether oxygens (including phenoxy) is 2. The smallest absolute Gasteiger partial charge is 0.410 e. The third-order valence-electron chi connectivity index (χ3n) is 5.56. The first kappa shape index (κ1) is 23.7. The first-order chi connectivity index (χ1) is 16.0. The third kappa shape index (κ3) is 5.04. The summed E-state index contributed by atoms with van der Waals surface area (Å²) in [5.74, 6) is -0.190. The summed E-state index contributed by atoms with van der Waals surface area (Å²) in [7, 11) is 0. The normalized spacial score (nSPS) is 18.1. The number of carbonyl (C=O) groups is 3. The van der Waals surface area contributed by atoms with E-state index in [1.54, 1.807) is 39.0 Å². The largest absolute Gasteiger partial charge is 0.478 e. The van der Waals surface area contributed by atoms with Crippen molar-refractivity contribution in [2.24, 2.45) is 0 Å². The summed E-state index contributed by atoms with van der Waals surface area (Å²) in [4.78, 5) is 41.6. The van der Waals surface area contributed by atoms with Gasteiger partial charge in [0.1, 0.15) is 17.1 Å². The molecule has 4 rings (SSSR count). The predicted molar refractivity (Wildman–Crippen MR) is 126 cm³/mol. The lowest BCUT2D eigenvalue weighted by Crippen LogP contribution is -2.54. The minimum atomic E-state index is -1.11. The summed E-state index contributed by atoms with van der Waals surface area (Å²) in [5, 5.41) is 9.16. The van der Waals surface area contributed by atoms with Crippen LogP contribution >= 0.6 is 11.6 Å². The van der Waals surface area contributed by atoms with Gasteiger partial charge in [0.25, 0.3) is 0 Å². The Morgan fingerprint density at radius 2 is 1.71 bits per heavy atom. The lowest BCUT2D eigenvalue weighted by molar-refractivity contribution is 0.0128. The van der Waals surface area contributed by atoms with E-state index in [0.717, 1.165) is 5.69 Å². The number of aromatic carboxylic acids is 1. The Bertz CT molecular complexity index is 1110. The highest BCUT2D eigenvalue weighted by molar-refractivity contribution is 6.33. The lowest BCUT2D eigenvalue weighted by Gasteiger charge is -2.36. The van der Waals surface area contributed by atoms with E-state index in [-0.39, 0.29) is 28.8 Å². The molecule has 2 aromatic rings. The molecule has 2 heterocycles. The number of carboxylic acid groups (broad SMARTS) is 1. The summed E-state index contributed by atoms with van der Waals surface area (Å²) < 4.78 is 11.2. The molecular weight excluding hydrogens is 462 g/mol. The van der Waals surface area contributed by atoms with Crippen molar-refractivity contribution in [1.29, 1.82) is 0 Å². The fourth-order valence-electron chi connectivity index (χ4n) is 3.98. The fourth-order valence-corrected chi connectivity index (χ4v) is 4.23. The molecule has 2 aliphatic heterocycles. The van der Waals surface area contributed by atoms with E-state index >= 15 is 0 Å². The maximum Gasteiger partial charge on any atom is 0.410 e. The third-order valence-corrected chi connectivity index (χ3v) is 5.87. The monoisotopic (exact) mass is 487 g/mol. The van der Waals surface area contributed by atoms with Crippen molar-refractivity contribution >= 4 is 35.4 Å². The molecule has 0 spiro atoms. The molecule has 0 aromatic heterocycles. The first-order valence-electron chi connectivity index (χ1n) is 10.9. The molecule has 0 radical (unpaired) electrons. The summed E-state index contributed by atoms with van der Waals surface area (Å²) in [6.45, 7) is 7.25. The van der Waals surface area contributed by atoms with Crippen LogP contribution in [0.3, 0.4) is 0 Å². The van der Waals surface area contributed by atoms with Crippen LogP contribution in [-0.2, 0) is 4.74 Å². The van der Waals surface area contributed by atoms with Crippen LogP contribution in [0.1, 0.15) is 31.1 Å². The van der Waals surface area contributed by atoms with Gasteiger partial charge in [-0.3, -0.25) is 4.90 Å². The second-order valence-electron chi connectivity index (χ2n) is 9.21. The predicted octanol–water partition coefficient (Wildman–Crippen LogP) is 4.69. The second-order valence-corrected chi connectivity index (χ2v) is 9.62. The van der Waals surface area contributed by atoms with Gasteiger partial charge in [-0.15, -0.1) is 0 Å². The van der Waals surface area contributed by atoms with Crippen molar-refractivity contribution in [2.75, 3.05) is 31.1 Å². The number of hydrogen-bond donors (Lipinski definition) is 1. The van der Waals surface area contributed by atoms with E-state index in [1.807, 2.05) is 20.8 Å². The van der Waals surface area contributed by atoms with Crippen LogP contribution in [0.4, 0.5) is 15.3 Å². The Balaban J connectivity index is 1.41. The SMILES string of the molecule is CC(C)(C)OC(=O)N1CCN2C(=O)N(c3ccc(Oc4ccc(C(=O)O)c(Cl)c4)cc3)C[C@@H]2C1. The zero-order valence-electron chi connectivity index (χ0n) is 19.2. The quantitative estimate of drug-likeness (QED) is 0.671. The molecule has 2 fully saturated rings. The van der Waals surface area contributed by atoms with Gasteiger partial charge >= 0.3 is 18.1 Å². The van der Waals surface area contributed by atoms with Crippen LogP contribution in [0.5, 0.6) is 11.5 Å². The fraction of sp³-hybridized carbons (Fsp3) is 0.375. The molecule has 1 N–H and O–H groups in total. The molecular formula is C24H26ClN3O6. The van der Waals surface area contributed by atoms with Crippen molar-refractivity contribution in [2.45, 2.75) is 32.4 Å². The Labute approximate surface area is 202 Å². The zero-order chi connectivity index (χ0) is 24.6. The number of amides is 3. The Kier molecular flexibility index (Phi) is 6.31. The van der Waals surface area contributed by atoms with E-state index < -0.39 is 11.6 Å². The number of urea groups is 1. The second kappa shape index (κ2) is 9.06. The van der Waals surface area contributed by atoms with Crippen LogP contribution in [0.2, 0.25) is 5.02 Å². The Morgan fingerprint density at radius 1 is 1.03 bits per heavy atom. The van der Waals surface area contributed by atoms with Gasteiger partial charge in [0.2, 0.25) is 0 Å². The number of carboxylic acids is 1. The van der Waals surface area contributed by atoms with Crippen molar-refractivity contribution in [3.8, 4) is 11.5 Å². The highest BCUT2D eigenvalue weighted by atomic mass is 35.5. The number of hydrogen-bond acceptors (Lipinski definition) is 5. The number of anilines is 1. The van der Waals surface area contributed by atoms with E-state index in [2.05, 4.69) is 0 Å².